The van der Waals surface area contributed by atoms with Crippen LogP contribution in [0.15, 0.2) is 48.5 Å². The van der Waals surface area contributed by atoms with E-state index in [0.29, 0.717) is 10.0 Å². The highest BCUT2D eigenvalue weighted by atomic mass is 35.5. The summed E-state index contributed by atoms with van der Waals surface area (Å²) in [6.07, 6.45) is -4.73. The first-order chi connectivity index (χ1) is 13.5. The Labute approximate surface area is 172 Å². The molecule has 0 aliphatic carbocycles. The van der Waals surface area contributed by atoms with Crippen LogP contribution in [-0.2, 0) is 18.9 Å². The summed E-state index contributed by atoms with van der Waals surface area (Å²) in [7, 11) is 0. The van der Waals surface area contributed by atoms with E-state index in [1.165, 1.54) is 0 Å². The Bertz CT molecular complexity index is 739. The summed E-state index contributed by atoms with van der Waals surface area (Å²) in [5.41, 5.74) is 1.49. The molecule has 0 radical (unpaired) electrons. The van der Waals surface area contributed by atoms with Crippen LogP contribution in [-0.4, -0.2) is 47.8 Å². The van der Waals surface area contributed by atoms with E-state index in [1.54, 1.807) is 48.5 Å². The number of rotatable bonds is 3. The second kappa shape index (κ2) is 8.65. The van der Waals surface area contributed by atoms with Crippen molar-refractivity contribution in [1.82, 2.24) is 0 Å². The van der Waals surface area contributed by atoms with E-state index in [9.17, 15) is 10.2 Å². The van der Waals surface area contributed by atoms with E-state index >= 15 is 0 Å². The molecule has 2 unspecified atom stereocenters. The standard InChI is InChI=1S/C20H20Cl2O6/c21-13-5-1-11(2-6-13)19-25-10-16-17(24)18(15(9-23)26-19)28-20(27-16)12-3-7-14(22)8-4-12/h1-8,15-20,23-24H,9-10H2/t15-,16+,17+,18+,19?,20?/m1/s1. The molecule has 6 atom stereocenters. The summed E-state index contributed by atoms with van der Waals surface area (Å²) in [6, 6.07) is 14.1. The van der Waals surface area contributed by atoms with Crippen molar-refractivity contribution in [2.75, 3.05) is 13.2 Å². The van der Waals surface area contributed by atoms with Gasteiger partial charge in [-0.25, -0.2) is 0 Å². The van der Waals surface area contributed by atoms with E-state index in [2.05, 4.69) is 0 Å². The third-order valence-electron chi connectivity index (χ3n) is 4.84. The summed E-state index contributed by atoms with van der Waals surface area (Å²) in [5, 5.41) is 21.7. The van der Waals surface area contributed by atoms with Crippen molar-refractivity contribution in [1.29, 1.82) is 0 Å². The zero-order valence-electron chi connectivity index (χ0n) is 14.8. The molecular weight excluding hydrogens is 407 g/mol. The van der Waals surface area contributed by atoms with Crippen molar-refractivity contribution >= 4 is 23.2 Å². The number of hydrogen-bond acceptors (Lipinski definition) is 6. The van der Waals surface area contributed by atoms with E-state index in [1.807, 2.05) is 0 Å². The zero-order chi connectivity index (χ0) is 19.7. The number of fused-ring (bicyclic) bond motifs is 2. The lowest BCUT2D eigenvalue weighted by Crippen LogP contribution is -2.57. The number of halogens is 2. The number of ether oxygens (including phenoxy) is 4. The van der Waals surface area contributed by atoms with Crippen LogP contribution in [0.1, 0.15) is 23.7 Å². The van der Waals surface area contributed by atoms with Gasteiger partial charge in [0.05, 0.1) is 13.2 Å². The summed E-state index contributed by atoms with van der Waals surface area (Å²) in [6.45, 7) is -0.258. The van der Waals surface area contributed by atoms with Gasteiger partial charge in [0.1, 0.15) is 24.4 Å². The van der Waals surface area contributed by atoms with Crippen LogP contribution in [0.4, 0.5) is 0 Å². The number of benzene rings is 2. The molecule has 2 aliphatic heterocycles. The van der Waals surface area contributed by atoms with Gasteiger partial charge in [-0.2, -0.15) is 0 Å². The lowest BCUT2D eigenvalue weighted by molar-refractivity contribution is -0.352. The Morgan fingerprint density at radius 3 is 1.96 bits per heavy atom. The SMILES string of the molecule is OC[C@H]1OC(c2ccc(Cl)cc2)OC[C@@H]2OC(c3ccc(Cl)cc3)O[C@@H]1[C@H]2O. The minimum Gasteiger partial charge on any atom is -0.394 e. The molecular formula is C20H20Cl2O6. The van der Waals surface area contributed by atoms with Gasteiger partial charge in [0.2, 0.25) is 0 Å². The molecule has 2 bridgehead atoms. The highest BCUT2D eigenvalue weighted by molar-refractivity contribution is 6.30. The van der Waals surface area contributed by atoms with Crippen LogP contribution < -0.4 is 0 Å². The minimum absolute atomic E-state index is 0.0938. The second-order valence-electron chi connectivity index (χ2n) is 6.72. The van der Waals surface area contributed by atoms with Gasteiger partial charge in [-0.1, -0.05) is 47.5 Å². The van der Waals surface area contributed by atoms with Gasteiger partial charge in [0, 0.05) is 21.2 Å². The van der Waals surface area contributed by atoms with E-state index in [0.717, 1.165) is 11.1 Å². The fourth-order valence-corrected chi connectivity index (χ4v) is 3.58. The first-order valence-corrected chi connectivity index (χ1v) is 9.68. The molecule has 8 heteroatoms. The molecule has 150 valence electrons. The third kappa shape index (κ3) is 4.20. The lowest BCUT2D eigenvalue weighted by atomic mass is 10.00. The maximum atomic E-state index is 10.6. The Balaban J connectivity index is 1.57. The summed E-state index contributed by atoms with van der Waals surface area (Å²) in [4.78, 5) is 0. The van der Waals surface area contributed by atoms with E-state index < -0.39 is 37.0 Å². The van der Waals surface area contributed by atoms with Gasteiger partial charge >= 0.3 is 0 Å². The molecule has 28 heavy (non-hydrogen) atoms. The fraction of sp³-hybridized carbons (Fsp3) is 0.400. The van der Waals surface area contributed by atoms with Crippen LogP contribution in [0.2, 0.25) is 10.0 Å². The summed E-state index contributed by atoms with van der Waals surface area (Å²) >= 11 is 11.9. The third-order valence-corrected chi connectivity index (χ3v) is 5.34. The Morgan fingerprint density at radius 2 is 1.39 bits per heavy atom. The van der Waals surface area contributed by atoms with Gasteiger partial charge in [0.15, 0.2) is 12.6 Å². The smallest absolute Gasteiger partial charge is 0.184 e. The van der Waals surface area contributed by atoms with Crippen LogP contribution in [0.3, 0.4) is 0 Å². The maximum Gasteiger partial charge on any atom is 0.184 e. The fourth-order valence-electron chi connectivity index (χ4n) is 3.33. The highest BCUT2D eigenvalue weighted by Gasteiger charge is 2.46. The average Bonchev–Trinajstić information content (AvgIpc) is 2.71. The molecule has 2 saturated heterocycles. The molecule has 4 rings (SSSR count). The van der Waals surface area contributed by atoms with Crippen molar-refractivity contribution in [3.05, 3.63) is 69.7 Å². The quantitative estimate of drug-likeness (QED) is 0.784. The maximum absolute atomic E-state index is 10.6. The first-order valence-electron chi connectivity index (χ1n) is 8.93. The molecule has 2 aliphatic rings. The highest BCUT2D eigenvalue weighted by Crippen LogP contribution is 2.37. The van der Waals surface area contributed by atoms with Gasteiger partial charge in [-0.3, -0.25) is 0 Å². The van der Waals surface area contributed by atoms with Gasteiger partial charge in [-0.05, 0) is 24.3 Å². The average molecular weight is 427 g/mol. The Morgan fingerprint density at radius 1 is 0.821 bits per heavy atom. The Kier molecular flexibility index (Phi) is 6.20. The molecule has 0 amide bonds. The van der Waals surface area contributed by atoms with Gasteiger partial charge in [-0.15, -0.1) is 0 Å². The van der Waals surface area contributed by atoms with Gasteiger partial charge < -0.3 is 29.2 Å². The van der Waals surface area contributed by atoms with Gasteiger partial charge in [0.25, 0.3) is 0 Å². The predicted octanol–water partition coefficient (Wildman–Crippen LogP) is 3.24. The molecule has 2 heterocycles. The Hall–Kier alpha value is -1.22. The lowest BCUT2D eigenvalue weighted by Gasteiger charge is -2.45. The van der Waals surface area contributed by atoms with Crippen LogP contribution in [0, 0.1) is 0 Å². The van der Waals surface area contributed by atoms with Crippen molar-refractivity contribution in [2.45, 2.75) is 37.0 Å². The van der Waals surface area contributed by atoms with Crippen LogP contribution in [0.5, 0.6) is 0 Å². The summed E-state index contributed by atoms with van der Waals surface area (Å²) < 4.78 is 23.7. The molecule has 6 nitrogen and oxygen atoms in total. The zero-order valence-corrected chi connectivity index (χ0v) is 16.3. The van der Waals surface area contributed by atoms with E-state index in [-0.39, 0.29) is 13.2 Å². The van der Waals surface area contributed by atoms with Crippen molar-refractivity contribution in [3.63, 3.8) is 0 Å². The molecule has 0 spiro atoms. The van der Waals surface area contributed by atoms with Crippen LogP contribution >= 0.6 is 23.2 Å². The first kappa shape index (κ1) is 20.1. The normalized spacial score (nSPS) is 33.1. The summed E-state index contributed by atoms with van der Waals surface area (Å²) in [5.74, 6) is 0. The number of aliphatic hydroxyl groups excluding tert-OH is 2. The minimum atomic E-state index is -1.01. The topological polar surface area (TPSA) is 77.4 Å². The second-order valence-corrected chi connectivity index (χ2v) is 7.60. The van der Waals surface area contributed by atoms with E-state index in [4.69, 9.17) is 42.1 Å². The molecule has 2 aromatic rings. The molecule has 2 N–H and O–H groups in total. The monoisotopic (exact) mass is 426 g/mol. The molecule has 0 saturated carbocycles. The predicted molar refractivity (Wildman–Crippen MR) is 102 cm³/mol. The molecule has 2 aromatic carbocycles. The molecule has 0 aromatic heterocycles. The van der Waals surface area contributed by atoms with Crippen LogP contribution in [0.25, 0.3) is 0 Å². The number of aliphatic hydroxyl groups is 2. The molecule has 2 fully saturated rings. The number of hydrogen-bond donors (Lipinski definition) is 2. The largest absolute Gasteiger partial charge is 0.394 e. The van der Waals surface area contributed by atoms with Crippen molar-refractivity contribution in [2.24, 2.45) is 0 Å². The van der Waals surface area contributed by atoms with Crippen molar-refractivity contribution in [3.8, 4) is 0 Å². The van der Waals surface area contributed by atoms with Crippen molar-refractivity contribution < 1.29 is 29.2 Å².